The fourth-order valence-electron chi connectivity index (χ4n) is 1.97. The lowest BCUT2D eigenvalue weighted by Crippen LogP contribution is -1.81. The summed E-state index contributed by atoms with van der Waals surface area (Å²) in [6, 6.07) is 16.1. The van der Waals surface area contributed by atoms with Gasteiger partial charge in [-0.3, -0.25) is 0 Å². The summed E-state index contributed by atoms with van der Waals surface area (Å²) in [4.78, 5) is 1.13. The first-order valence-corrected chi connectivity index (χ1v) is 7.54. The Morgan fingerprint density at radius 3 is 2.35 bits per heavy atom. The van der Waals surface area contributed by atoms with Crippen LogP contribution in [0.5, 0.6) is 0 Å². The number of hydrogen-bond acceptors (Lipinski definition) is 4. The van der Waals surface area contributed by atoms with Gasteiger partial charge >= 0.3 is 0 Å². The molecule has 0 aliphatic heterocycles. The zero-order valence-corrected chi connectivity index (χ0v) is 12.1. The molecule has 0 aliphatic rings. The molecule has 0 aliphatic carbocycles. The molecule has 0 N–H and O–H groups in total. The minimum Gasteiger partial charge on any atom is -0.416 e. The van der Waals surface area contributed by atoms with Crippen LogP contribution in [0.1, 0.15) is 5.56 Å². The smallest absolute Gasteiger partial charge is 0.249 e. The summed E-state index contributed by atoms with van der Waals surface area (Å²) in [5, 5.41) is 8.31. The van der Waals surface area contributed by atoms with Crippen molar-refractivity contribution in [2.24, 2.45) is 0 Å². The van der Waals surface area contributed by atoms with Crippen LogP contribution in [0.15, 0.2) is 57.8 Å². The van der Waals surface area contributed by atoms with Gasteiger partial charge in [-0.25, -0.2) is 0 Å². The lowest BCUT2D eigenvalue weighted by molar-refractivity contribution is 0.583. The normalized spacial score (nSPS) is 10.7. The Morgan fingerprint density at radius 2 is 1.60 bits per heavy atom. The van der Waals surface area contributed by atoms with E-state index >= 15 is 0 Å². The van der Waals surface area contributed by atoms with Crippen molar-refractivity contribution in [3.8, 4) is 22.9 Å². The van der Waals surface area contributed by atoms with E-state index in [2.05, 4.69) is 23.2 Å². The van der Waals surface area contributed by atoms with E-state index in [1.165, 1.54) is 5.56 Å². The molecule has 0 amide bonds. The van der Waals surface area contributed by atoms with E-state index in [1.807, 2.05) is 48.7 Å². The highest BCUT2D eigenvalue weighted by atomic mass is 32.2. The third kappa shape index (κ3) is 2.47. The predicted octanol–water partition coefficient (Wildman–Crippen LogP) is 4.43. The van der Waals surface area contributed by atoms with Gasteiger partial charge in [0.1, 0.15) is 0 Å². The number of aryl methyl sites for hydroxylation is 1. The monoisotopic (exact) mass is 282 g/mol. The summed E-state index contributed by atoms with van der Waals surface area (Å²) in [5.74, 6) is 1.11. The number of hydrogen-bond donors (Lipinski definition) is 0. The molecule has 0 saturated carbocycles. The van der Waals surface area contributed by atoms with Crippen LogP contribution in [0, 0.1) is 6.92 Å². The quantitative estimate of drug-likeness (QED) is 0.666. The number of aromatic nitrogens is 2. The zero-order valence-electron chi connectivity index (χ0n) is 11.3. The van der Waals surface area contributed by atoms with Gasteiger partial charge in [0.25, 0.3) is 0 Å². The van der Waals surface area contributed by atoms with Gasteiger partial charge in [0.15, 0.2) is 0 Å². The Hall–Kier alpha value is -2.07. The molecular formula is C16H14N2OS. The van der Waals surface area contributed by atoms with Gasteiger partial charge in [-0.1, -0.05) is 29.8 Å². The lowest BCUT2D eigenvalue weighted by Gasteiger charge is -2.01. The minimum atomic E-state index is 0.552. The maximum atomic E-state index is 5.80. The molecule has 3 nitrogen and oxygen atoms in total. The van der Waals surface area contributed by atoms with Gasteiger partial charge < -0.3 is 4.42 Å². The topological polar surface area (TPSA) is 38.9 Å². The van der Waals surface area contributed by atoms with E-state index in [1.54, 1.807) is 11.8 Å². The minimum absolute atomic E-state index is 0.552. The van der Waals surface area contributed by atoms with E-state index in [-0.39, 0.29) is 0 Å². The zero-order chi connectivity index (χ0) is 13.9. The highest BCUT2D eigenvalue weighted by molar-refractivity contribution is 7.98. The van der Waals surface area contributed by atoms with Crippen LogP contribution in [0.25, 0.3) is 22.9 Å². The molecule has 0 unspecified atom stereocenters. The highest BCUT2D eigenvalue weighted by Crippen LogP contribution is 2.30. The van der Waals surface area contributed by atoms with E-state index in [0.717, 1.165) is 16.0 Å². The first-order chi connectivity index (χ1) is 9.78. The van der Waals surface area contributed by atoms with Crippen molar-refractivity contribution in [1.29, 1.82) is 0 Å². The second kappa shape index (κ2) is 5.51. The first-order valence-electron chi connectivity index (χ1n) is 6.32. The van der Waals surface area contributed by atoms with E-state index < -0.39 is 0 Å². The second-order valence-corrected chi connectivity index (χ2v) is 5.33. The molecule has 1 aromatic heterocycles. The number of thioether (sulfide) groups is 1. The fraction of sp³-hybridized carbons (Fsp3) is 0.125. The van der Waals surface area contributed by atoms with Crippen LogP contribution in [0.3, 0.4) is 0 Å². The van der Waals surface area contributed by atoms with Crippen LogP contribution in [-0.4, -0.2) is 16.5 Å². The molecule has 0 radical (unpaired) electrons. The van der Waals surface area contributed by atoms with Crippen molar-refractivity contribution >= 4 is 11.8 Å². The molecule has 0 atom stereocenters. The van der Waals surface area contributed by atoms with Crippen LogP contribution in [0.2, 0.25) is 0 Å². The Balaban J connectivity index is 2.00. The molecule has 0 saturated heterocycles. The van der Waals surface area contributed by atoms with Crippen molar-refractivity contribution in [2.45, 2.75) is 11.8 Å². The molecule has 0 spiro atoms. The van der Waals surface area contributed by atoms with Crippen molar-refractivity contribution in [1.82, 2.24) is 10.2 Å². The van der Waals surface area contributed by atoms with Crippen molar-refractivity contribution in [3.05, 3.63) is 54.1 Å². The SMILES string of the molecule is CSc1ccccc1-c1nnc(-c2ccc(C)cc2)o1. The largest absolute Gasteiger partial charge is 0.416 e. The maximum Gasteiger partial charge on any atom is 0.249 e. The average molecular weight is 282 g/mol. The fourth-order valence-corrected chi connectivity index (χ4v) is 2.56. The Kier molecular flexibility index (Phi) is 3.56. The van der Waals surface area contributed by atoms with Crippen molar-refractivity contribution < 1.29 is 4.42 Å². The Labute approximate surface area is 122 Å². The second-order valence-electron chi connectivity index (χ2n) is 4.48. The molecule has 20 heavy (non-hydrogen) atoms. The molecule has 4 heteroatoms. The maximum absolute atomic E-state index is 5.80. The average Bonchev–Trinajstić information content (AvgIpc) is 2.97. The van der Waals surface area contributed by atoms with Crippen molar-refractivity contribution in [3.63, 3.8) is 0 Å². The van der Waals surface area contributed by atoms with Gasteiger partial charge in [-0.15, -0.1) is 22.0 Å². The molecule has 1 heterocycles. The summed E-state index contributed by atoms with van der Waals surface area (Å²) < 4.78 is 5.80. The van der Waals surface area contributed by atoms with Crippen molar-refractivity contribution in [2.75, 3.05) is 6.26 Å². The number of nitrogens with zero attached hydrogens (tertiary/aromatic N) is 2. The van der Waals surface area contributed by atoms with E-state index in [9.17, 15) is 0 Å². The van der Waals surface area contributed by atoms with Gasteiger partial charge in [0.05, 0.1) is 5.56 Å². The number of benzene rings is 2. The standard InChI is InChI=1S/C16H14N2OS/c1-11-7-9-12(10-8-11)15-17-18-16(19-15)13-5-3-4-6-14(13)20-2/h3-10H,1-2H3. The van der Waals surface area contributed by atoms with Gasteiger partial charge in [0.2, 0.25) is 11.8 Å². The molecule has 2 aromatic carbocycles. The summed E-state index contributed by atoms with van der Waals surface area (Å²) in [5.41, 5.74) is 3.13. The van der Waals surface area contributed by atoms with Gasteiger partial charge in [-0.05, 0) is 37.4 Å². The Bertz CT molecular complexity index is 719. The molecule has 3 rings (SSSR count). The summed E-state index contributed by atoms with van der Waals surface area (Å²) in [6.07, 6.45) is 2.04. The van der Waals surface area contributed by atoms with Crippen LogP contribution < -0.4 is 0 Å². The predicted molar refractivity (Wildman–Crippen MR) is 81.7 cm³/mol. The summed E-state index contributed by atoms with van der Waals surface area (Å²) in [6.45, 7) is 2.05. The highest BCUT2D eigenvalue weighted by Gasteiger charge is 2.12. The summed E-state index contributed by atoms with van der Waals surface area (Å²) >= 11 is 1.67. The molecule has 3 aromatic rings. The first kappa shape index (κ1) is 12.9. The third-order valence-corrected chi connectivity index (χ3v) is 3.86. The van der Waals surface area contributed by atoms with Crippen LogP contribution >= 0.6 is 11.8 Å². The Morgan fingerprint density at radius 1 is 0.900 bits per heavy atom. The van der Waals surface area contributed by atoms with Gasteiger partial charge in [0, 0.05) is 10.5 Å². The summed E-state index contributed by atoms with van der Waals surface area (Å²) in [7, 11) is 0. The molecular weight excluding hydrogens is 268 g/mol. The number of rotatable bonds is 3. The lowest BCUT2D eigenvalue weighted by atomic mass is 10.1. The molecule has 0 fully saturated rings. The third-order valence-electron chi connectivity index (χ3n) is 3.06. The van der Waals surface area contributed by atoms with E-state index in [0.29, 0.717) is 11.8 Å². The van der Waals surface area contributed by atoms with Crippen LogP contribution in [0.4, 0.5) is 0 Å². The van der Waals surface area contributed by atoms with E-state index in [4.69, 9.17) is 4.42 Å². The van der Waals surface area contributed by atoms with Crippen LogP contribution in [-0.2, 0) is 0 Å². The van der Waals surface area contributed by atoms with Gasteiger partial charge in [-0.2, -0.15) is 0 Å². The molecule has 100 valence electrons. The molecule has 0 bridgehead atoms.